The highest BCUT2D eigenvalue weighted by Gasteiger charge is 2.25. The third-order valence-electron chi connectivity index (χ3n) is 5.51. The molecule has 2 aliphatic rings. The average Bonchev–Trinajstić information content (AvgIpc) is 3.57. The van der Waals surface area contributed by atoms with Crippen molar-refractivity contribution in [3.05, 3.63) is 59.9 Å². The molecule has 7 heteroatoms. The molecular weight excluding hydrogens is 383 g/mol. The molecule has 1 aliphatic carbocycles. The summed E-state index contributed by atoms with van der Waals surface area (Å²) in [4.78, 5) is 29.4. The van der Waals surface area contributed by atoms with Crippen molar-refractivity contribution in [3.63, 3.8) is 0 Å². The van der Waals surface area contributed by atoms with Crippen LogP contribution in [-0.4, -0.2) is 55.5 Å². The smallest absolute Gasteiger partial charge is 0.253 e. The van der Waals surface area contributed by atoms with Gasteiger partial charge in [-0.2, -0.15) is 0 Å². The highest BCUT2D eigenvalue weighted by atomic mass is 19.1. The molecule has 0 aromatic heterocycles. The first-order valence-electron chi connectivity index (χ1n) is 10.5. The van der Waals surface area contributed by atoms with Crippen molar-refractivity contribution in [2.24, 2.45) is 0 Å². The fraction of sp³-hybridized carbons (Fsp3) is 0.391. The van der Waals surface area contributed by atoms with Gasteiger partial charge in [0.2, 0.25) is 5.91 Å². The summed E-state index contributed by atoms with van der Waals surface area (Å²) in [5.41, 5.74) is 2.04. The summed E-state index contributed by atoms with van der Waals surface area (Å²) < 4.78 is 13.2. The van der Waals surface area contributed by atoms with E-state index >= 15 is 0 Å². The monoisotopic (exact) mass is 410 g/mol. The molecule has 30 heavy (non-hydrogen) atoms. The van der Waals surface area contributed by atoms with E-state index < -0.39 is 0 Å². The molecule has 1 saturated carbocycles. The molecule has 1 aliphatic heterocycles. The van der Waals surface area contributed by atoms with E-state index in [1.165, 1.54) is 12.1 Å². The molecule has 0 radical (unpaired) electrons. The van der Waals surface area contributed by atoms with Crippen LogP contribution >= 0.6 is 0 Å². The minimum atomic E-state index is -0.238. The maximum absolute atomic E-state index is 13.2. The molecule has 2 fully saturated rings. The second kappa shape index (κ2) is 9.26. The van der Waals surface area contributed by atoms with Crippen molar-refractivity contribution in [1.82, 2.24) is 10.2 Å². The van der Waals surface area contributed by atoms with Gasteiger partial charge in [-0.05, 0) is 55.7 Å². The van der Waals surface area contributed by atoms with Gasteiger partial charge in [-0.25, -0.2) is 4.39 Å². The van der Waals surface area contributed by atoms with E-state index in [9.17, 15) is 14.0 Å². The van der Waals surface area contributed by atoms with Crippen LogP contribution in [0.3, 0.4) is 0 Å². The van der Waals surface area contributed by atoms with Gasteiger partial charge in [-0.1, -0.05) is 12.1 Å². The number of hydrogen-bond donors (Lipinski definition) is 2. The van der Waals surface area contributed by atoms with E-state index in [0.717, 1.165) is 51.1 Å². The Bertz CT molecular complexity index is 898. The van der Waals surface area contributed by atoms with Crippen LogP contribution in [0.4, 0.5) is 15.8 Å². The lowest BCUT2D eigenvalue weighted by atomic mass is 10.1. The minimum Gasteiger partial charge on any atom is -0.370 e. The van der Waals surface area contributed by atoms with E-state index in [-0.39, 0.29) is 30.2 Å². The standard InChI is InChI=1S/C23H27FN4O2/c24-17-6-10-19(11-7-17)28-13-3-12-27(14-15-28)16-22(29)26-21-5-2-1-4-20(21)23(30)25-18-8-9-18/h1-2,4-7,10-11,18H,3,8-9,12-16H2,(H,25,30)(H,26,29). The second-order valence-corrected chi connectivity index (χ2v) is 7.93. The number of halogens is 1. The number of anilines is 2. The Morgan fingerprint density at radius 3 is 2.50 bits per heavy atom. The summed E-state index contributed by atoms with van der Waals surface area (Å²) in [5, 5.41) is 5.87. The van der Waals surface area contributed by atoms with Gasteiger partial charge in [0.25, 0.3) is 5.91 Å². The summed E-state index contributed by atoms with van der Waals surface area (Å²) in [6.07, 6.45) is 2.96. The van der Waals surface area contributed by atoms with E-state index in [4.69, 9.17) is 0 Å². The number of carbonyl (C=O) groups is 2. The first-order chi connectivity index (χ1) is 14.6. The van der Waals surface area contributed by atoms with E-state index in [2.05, 4.69) is 20.4 Å². The Balaban J connectivity index is 1.32. The number of nitrogens with one attached hydrogen (secondary N) is 2. The van der Waals surface area contributed by atoms with Crippen LogP contribution in [-0.2, 0) is 4.79 Å². The van der Waals surface area contributed by atoms with Gasteiger partial charge < -0.3 is 15.5 Å². The summed E-state index contributed by atoms with van der Waals surface area (Å²) in [5.74, 6) is -0.507. The predicted molar refractivity (Wildman–Crippen MR) is 115 cm³/mol. The third kappa shape index (κ3) is 5.36. The number of benzene rings is 2. The van der Waals surface area contributed by atoms with E-state index in [1.807, 2.05) is 6.07 Å². The summed E-state index contributed by atoms with van der Waals surface area (Å²) in [6.45, 7) is 3.48. The zero-order chi connectivity index (χ0) is 20.9. The predicted octanol–water partition coefficient (Wildman–Crippen LogP) is 2.87. The summed E-state index contributed by atoms with van der Waals surface area (Å²) in [7, 11) is 0. The first kappa shape index (κ1) is 20.3. The van der Waals surface area contributed by atoms with Crippen molar-refractivity contribution < 1.29 is 14.0 Å². The van der Waals surface area contributed by atoms with Gasteiger partial charge in [-0.15, -0.1) is 0 Å². The normalized spacial score (nSPS) is 17.3. The van der Waals surface area contributed by atoms with Crippen molar-refractivity contribution in [1.29, 1.82) is 0 Å². The molecule has 0 spiro atoms. The number of amides is 2. The van der Waals surface area contributed by atoms with Crippen LogP contribution in [0.1, 0.15) is 29.6 Å². The zero-order valence-electron chi connectivity index (χ0n) is 16.9. The molecule has 0 bridgehead atoms. The quantitative estimate of drug-likeness (QED) is 0.769. The molecule has 2 amide bonds. The largest absolute Gasteiger partial charge is 0.370 e. The zero-order valence-corrected chi connectivity index (χ0v) is 16.9. The molecule has 2 aromatic carbocycles. The molecular formula is C23H27FN4O2. The summed E-state index contributed by atoms with van der Waals surface area (Å²) in [6, 6.07) is 13.9. The van der Waals surface area contributed by atoms with Crippen LogP contribution < -0.4 is 15.5 Å². The Hall–Kier alpha value is -2.93. The number of hydrogen-bond acceptors (Lipinski definition) is 4. The van der Waals surface area contributed by atoms with Crippen molar-refractivity contribution in [3.8, 4) is 0 Å². The van der Waals surface area contributed by atoms with E-state index in [0.29, 0.717) is 11.3 Å². The number of rotatable bonds is 6. The van der Waals surface area contributed by atoms with Crippen LogP contribution in [0.2, 0.25) is 0 Å². The van der Waals surface area contributed by atoms with Crippen LogP contribution in [0.25, 0.3) is 0 Å². The molecule has 0 unspecified atom stereocenters. The number of nitrogens with zero attached hydrogens (tertiary/aromatic N) is 2. The van der Waals surface area contributed by atoms with Crippen molar-refractivity contribution in [2.45, 2.75) is 25.3 Å². The fourth-order valence-electron chi connectivity index (χ4n) is 3.71. The Morgan fingerprint density at radius 2 is 1.73 bits per heavy atom. The SMILES string of the molecule is O=C(CN1CCCN(c2ccc(F)cc2)CC1)Nc1ccccc1C(=O)NC1CC1. The maximum atomic E-state index is 13.2. The topological polar surface area (TPSA) is 64.7 Å². The Kier molecular flexibility index (Phi) is 6.28. The van der Waals surface area contributed by atoms with Gasteiger partial charge in [-0.3, -0.25) is 14.5 Å². The first-order valence-corrected chi connectivity index (χ1v) is 10.5. The van der Waals surface area contributed by atoms with E-state index in [1.54, 1.807) is 30.3 Å². The number of para-hydroxylation sites is 1. The minimum absolute atomic E-state index is 0.128. The molecule has 1 heterocycles. The summed E-state index contributed by atoms with van der Waals surface area (Å²) >= 11 is 0. The Morgan fingerprint density at radius 1 is 0.967 bits per heavy atom. The average molecular weight is 410 g/mol. The fourth-order valence-corrected chi connectivity index (χ4v) is 3.71. The highest BCUT2D eigenvalue weighted by Crippen LogP contribution is 2.22. The van der Waals surface area contributed by atoms with Gasteiger partial charge in [0.05, 0.1) is 17.8 Å². The van der Waals surface area contributed by atoms with Crippen molar-refractivity contribution in [2.75, 3.05) is 42.9 Å². The van der Waals surface area contributed by atoms with Crippen LogP contribution in [0, 0.1) is 5.82 Å². The van der Waals surface area contributed by atoms with Crippen LogP contribution in [0.15, 0.2) is 48.5 Å². The highest BCUT2D eigenvalue weighted by molar-refractivity contribution is 6.04. The molecule has 6 nitrogen and oxygen atoms in total. The lowest BCUT2D eigenvalue weighted by molar-refractivity contribution is -0.117. The second-order valence-electron chi connectivity index (χ2n) is 7.93. The molecule has 4 rings (SSSR count). The molecule has 0 atom stereocenters. The van der Waals surface area contributed by atoms with Crippen molar-refractivity contribution >= 4 is 23.2 Å². The molecule has 2 aromatic rings. The molecule has 1 saturated heterocycles. The number of carbonyl (C=O) groups excluding carboxylic acids is 2. The molecule has 2 N–H and O–H groups in total. The van der Waals surface area contributed by atoms with Crippen LogP contribution in [0.5, 0.6) is 0 Å². The lowest BCUT2D eigenvalue weighted by Gasteiger charge is -2.23. The van der Waals surface area contributed by atoms with Gasteiger partial charge in [0.1, 0.15) is 5.82 Å². The lowest BCUT2D eigenvalue weighted by Crippen LogP contribution is -2.36. The maximum Gasteiger partial charge on any atom is 0.253 e. The van der Waals surface area contributed by atoms with Gasteiger partial charge >= 0.3 is 0 Å². The molecule has 158 valence electrons. The third-order valence-corrected chi connectivity index (χ3v) is 5.51. The van der Waals surface area contributed by atoms with Gasteiger partial charge in [0.15, 0.2) is 0 Å². The Labute approximate surface area is 176 Å². The van der Waals surface area contributed by atoms with Gasteiger partial charge in [0, 0.05) is 37.9 Å².